The summed E-state index contributed by atoms with van der Waals surface area (Å²) in [4.78, 5) is 0. The number of hydrogen-bond donors (Lipinski definition) is 1. The minimum atomic E-state index is -1.63. The van der Waals surface area contributed by atoms with Gasteiger partial charge in [0.1, 0.15) is 17.6 Å². The highest BCUT2D eigenvalue weighted by molar-refractivity contribution is 5.61. The Morgan fingerprint density at radius 3 is 2.46 bits per heavy atom. The fourth-order valence-corrected chi connectivity index (χ4v) is 4.12. The molecule has 0 spiro atoms. The number of ether oxygens (including phenoxy) is 2. The van der Waals surface area contributed by atoms with Gasteiger partial charge in [-0.3, -0.25) is 0 Å². The van der Waals surface area contributed by atoms with Gasteiger partial charge in [-0.25, -0.2) is 0 Å². The van der Waals surface area contributed by atoms with Gasteiger partial charge in [0.25, 0.3) is 0 Å². The van der Waals surface area contributed by atoms with Crippen LogP contribution in [0, 0.1) is 45.3 Å². The maximum absolute atomic E-state index is 9.96. The molecule has 6 heteroatoms. The van der Waals surface area contributed by atoms with Gasteiger partial charge in [-0.1, -0.05) is 12.1 Å². The van der Waals surface area contributed by atoms with Gasteiger partial charge in [-0.15, -0.1) is 0 Å². The molecule has 0 aromatic heterocycles. The molecule has 3 rings (SSSR count). The van der Waals surface area contributed by atoms with Gasteiger partial charge in [0, 0.05) is 17.5 Å². The molecule has 130 valence electrons. The van der Waals surface area contributed by atoms with Crippen molar-refractivity contribution >= 4 is 0 Å². The molecule has 1 aromatic rings. The van der Waals surface area contributed by atoms with Crippen LogP contribution in [0.2, 0.25) is 0 Å². The molecule has 0 saturated heterocycles. The second kappa shape index (κ2) is 6.47. The molecule has 2 aliphatic rings. The predicted octanol–water partition coefficient (Wildman–Crippen LogP) is 2.91. The highest BCUT2D eigenvalue weighted by atomic mass is 16.5. The van der Waals surface area contributed by atoms with E-state index in [1.165, 1.54) is 7.11 Å². The van der Waals surface area contributed by atoms with E-state index in [-0.39, 0.29) is 17.2 Å². The van der Waals surface area contributed by atoms with Crippen LogP contribution in [0.15, 0.2) is 41.1 Å². The topological polar surface area (TPSA) is 116 Å². The number of allylic oxidation sites excluding steroid dienone is 4. The van der Waals surface area contributed by atoms with Gasteiger partial charge in [-0.2, -0.15) is 15.8 Å². The fourth-order valence-electron chi connectivity index (χ4n) is 4.12. The Morgan fingerprint density at radius 2 is 1.88 bits per heavy atom. The second-order valence-electron chi connectivity index (χ2n) is 6.36. The molecular weight excluding hydrogens is 328 g/mol. The zero-order valence-corrected chi connectivity index (χ0v) is 14.6. The van der Waals surface area contributed by atoms with Crippen molar-refractivity contribution in [1.29, 1.82) is 15.8 Å². The highest BCUT2D eigenvalue weighted by Crippen LogP contribution is 2.58. The van der Waals surface area contributed by atoms with Crippen LogP contribution in [0.25, 0.3) is 0 Å². The molecule has 2 atom stereocenters. The van der Waals surface area contributed by atoms with Crippen molar-refractivity contribution in [3.05, 3.63) is 46.7 Å². The van der Waals surface area contributed by atoms with E-state index in [1.807, 2.05) is 12.1 Å². The van der Waals surface area contributed by atoms with Crippen molar-refractivity contribution < 1.29 is 9.47 Å². The minimum Gasteiger partial charge on any atom is -0.497 e. The van der Waals surface area contributed by atoms with Crippen LogP contribution >= 0.6 is 0 Å². The van der Waals surface area contributed by atoms with Gasteiger partial charge >= 0.3 is 0 Å². The minimum absolute atomic E-state index is 0.0253. The monoisotopic (exact) mass is 346 g/mol. The highest BCUT2D eigenvalue weighted by Gasteiger charge is 2.54. The molecule has 0 unspecified atom stereocenters. The molecule has 0 saturated carbocycles. The van der Waals surface area contributed by atoms with E-state index in [9.17, 15) is 15.8 Å². The molecule has 0 bridgehead atoms. The number of nitriles is 3. The molecule has 0 aliphatic heterocycles. The number of fused-ring (bicyclic) bond motifs is 1. The number of methoxy groups -OCH3 is 2. The summed E-state index contributed by atoms with van der Waals surface area (Å²) in [5, 5.41) is 29.5. The van der Waals surface area contributed by atoms with Crippen LogP contribution in [-0.2, 0) is 0 Å². The number of hydrogen-bond acceptors (Lipinski definition) is 6. The van der Waals surface area contributed by atoms with Gasteiger partial charge in [0.05, 0.1) is 37.6 Å². The van der Waals surface area contributed by atoms with Crippen LogP contribution in [0.5, 0.6) is 11.5 Å². The van der Waals surface area contributed by atoms with E-state index in [2.05, 4.69) is 18.2 Å². The average Bonchev–Trinajstić information content (AvgIpc) is 3.15. The number of nitrogens with two attached hydrogens (primary N) is 1. The van der Waals surface area contributed by atoms with Crippen LogP contribution in [0.3, 0.4) is 0 Å². The molecule has 2 N–H and O–H groups in total. The van der Waals surface area contributed by atoms with Gasteiger partial charge in [0.2, 0.25) is 0 Å². The molecule has 0 fully saturated rings. The largest absolute Gasteiger partial charge is 0.497 e. The third-order valence-corrected chi connectivity index (χ3v) is 5.33. The Hall–Kier alpha value is -3.43. The SMILES string of the molecule is COc1ccc([C@@H]2[C@H]3CCC=C3C(C#N)=C(N)C2(C#N)C#N)c(OC)c1. The lowest BCUT2D eigenvalue weighted by molar-refractivity contribution is 0.325. The third-order valence-electron chi connectivity index (χ3n) is 5.33. The average molecular weight is 346 g/mol. The number of benzene rings is 1. The standard InChI is InChI=1S/C20H18N4O2/c1-25-12-6-7-15(17(8-12)26-2)18-14-5-3-4-13(14)16(9-21)19(24)20(18,10-22)11-23/h4,6-8,14,18H,3,5,24H2,1-2H3/t14-,18-/m0/s1. The fraction of sp³-hybridized carbons (Fsp3) is 0.350. The van der Waals surface area contributed by atoms with Crippen molar-refractivity contribution in [3.63, 3.8) is 0 Å². The Bertz CT molecular complexity index is 926. The van der Waals surface area contributed by atoms with E-state index in [1.54, 1.807) is 19.2 Å². The third kappa shape index (κ3) is 2.22. The normalized spacial score (nSPS) is 23.1. The lowest BCUT2D eigenvalue weighted by Crippen LogP contribution is -2.41. The molecule has 0 heterocycles. The Morgan fingerprint density at radius 1 is 1.15 bits per heavy atom. The van der Waals surface area contributed by atoms with Crippen LogP contribution in [0.4, 0.5) is 0 Å². The first-order valence-corrected chi connectivity index (χ1v) is 8.23. The van der Waals surface area contributed by atoms with Gasteiger partial charge in [0.15, 0.2) is 5.41 Å². The molecule has 6 nitrogen and oxygen atoms in total. The summed E-state index contributed by atoms with van der Waals surface area (Å²) >= 11 is 0. The van der Waals surface area contributed by atoms with E-state index >= 15 is 0 Å². The van der Waals surface area contributed by atoms with Crippen molar-refractivity contribution in [2.75, 3.05) is 14.2 Å². The van der Waals surface area contributed by atoms with Crippen LogP contribution in [0.1, 0.15) is 24.3 Å². The molecule has 0 radical (unpaired) electrons. The summed E-state index contributed by atoms with van der Waals surface area (Å²) in [5.74, 6) is 0.482. The zero-order chi connectivity index (χ0) is 18.9. The number of rotatable bonds is 3. The molecular formula is C20H18N4O2. The summed E-state index contributed by atoms with van der Waals surface area (Å²) in [6.07, 6.45) is 3.51. The first-order valence-electron chi connectivity index (χ1n) is 8.23. The van der Waals surface area contributed by atoms with Gasteiger partial charge in [-0.05, 0) is 30.4 Å². The van der Waals surface area contributed by atoms with E-state index in [0.717, 1.165) is 18.4 Å². The van der Waals surface area contributed by atoms with Crippen molar-refractivity contribution in [2.24, 2.45) is 17.1 Å². The Kier molecular flexibility index (Phi) is 4.33. The lowest BCUT2D eigenvalue weighted by Gasteiger charge is -2.40. The zero-order valence-electron chi connectivity index (χ0n) is 14.6. The first kappa shape index (κ1) is 17.4. The smallest absolute Gasteiger partial charge is 0.191 e. The van der Waals surface area contributed by atoms with Crippen LogP contribution in [-0.4, -0.2) is 14.2 Å². The Labute approximate surface area is 152 Å². The summed E-state index contributed by atoms with van der Waals surface area (Å²) in [7, 11) is 3.09. The maximum Gasteiger partial charge on any atom is 0.191 e. The second-order valence-corrected chi connectivity index (χ2v) is 6.36. The van der Waals surface area contributed by atoms with Crippen molar-refractivity contribution in [3.8, 4) is 29.7 Å². The van der Waals surface area contributed by atoms with Gasteiger partial charge < -0.3 is 15.2 Å². The van der Waals surface area contributed by atoms with E-state index in [0.29, 0.717) is 17.1 Å². The molecule has 26 heavy (non-hydrogen) atoms. The molecule has 2 aliphatic carbocycles. The summed E-state index contributed by atoms with van der Waals surface area (Å²) in [6, 6.07) is 11.6. The Balaban J connectivity index is 2.32. The number of nitrogens with zero attached hydrogens (tertiary/aromatic N) is 3. The van der Waals surface area contributed by atoms with E-state index < -0.39 is 11.3 Å². The molecule has 1 aromatic carbocycles. The van der Waals surface area contributed by atoms with Crippen LogP contribution < -0.4 is 15.2 Å². The lowest BCUT2D eigenvalue weighted by atomic mass is 9.59. The first-order chi connectivity index (χ1) is 12.6. The summed E-state index contributed by atoms with van der Waals surface area (Å²) in [6.45, 7) is 0. The maximum atomic E-state index is 9.96. The summed E-state index contributed by atoms with van der Waals surface area (Å²) < 4.78 is 10.8. The molecule has 0 amide bonds. The van der Waals surface area contributed by atoms with Crippen molar-refractivity contribution in [2.45, 2.75) is 18.8 Å². The van der Waals surface area contributed by atoms with Crippen molar-refractivity contribution in [1.82, 2.24) is 0 Å². The predicted molar refractivity (Wildman–Crippen MR) is 93.6 cm³/mol. The summed E-state index contributed by atoms with van der Waals surface area (Å²) in [5.41, 5.74) is 6.43. The van der Waals surface area contributed by atoms with E-state index in [4.69, 9.17) is 15.2 Å². The quantitative estimate of drug-likeness (QED) is 0.899.